The van der Waals surface area contributed by atoms with Crippen LogP contribution < -0.4 is 20.1 Å². The second-order valence-electron chi connectivity index (χ2n) is 7.41. The highest BCUT2D eigenvalue weighted by Crippen LogP contribution is 2.30. The Morgan fingerprint density at radius 3 is 2.80 bits per heavy atom. The fourth-order valence-electron chi connectivity index (χ4n) is 3.63. The molecule has 1 heterocycles. The summed E-state index contributed by atoms with van der Waals surface area (Å²) in [6.45, 7) is 7.01. The molecule has 1 aliphatic carbocycles. The smallest absolute Gasteiger partial charge is 0.191 e. The Kier molecular flexibility index (Phi) is 8.35. The molecule has 0 aliphatic heterocycles. The van der Waals surface area contributed by atoms with E-state index in [9.17, 15) is 0 Å². The number of methoxy groups -OCH3 is 1. The molecule has 1 fully saturated rings. The molecule has 8 heteroatoms. The molecular formula is C22H34N6O2. The molecule has 0 radical (unpaired) electrons. The van der Waals surface area contributed by atoms with Crippen molar-refractivity contribution in [3.63, 3.8) is 0 Å². The van der Waals surface area contributed by atoms with E-state index in [2.05, 4.69) is 39.2 Å². The number of hydrogen-bond donors (Lipinski definition) is 2. The van der Waals surface area contributed by atoms with Gasteiger partial charge in [0.15, 0.2) is 5.96 Å². The number of nitrogens with zero attached hydrogens (tertiary/aromatic N) is 4. The summed E-state index contributed by atoms with van der Waals surface area (Å²) in [7, 11) is 1.68. The topological polar surface area (TPSA) is 85.6 Å². The molecule has 8 nitrogen and oxygen atoms in total. The molecular weight excluding hydrogens is 380 g/mol. The zero-order chi connectivity index (χ0) is 21.2. The summed E-state index contributed by atoms with van der Waals surface area (Å²) >= 11 is 0. The van der Waals surface area contributed by atoms with Gasteiger partial charge in [0.2, 0.25) is 0 Å². The average molecular weight is 415 g/mol. The number of nitrogens with one attached hydrogen (secondary N) is 2. The molecule has 2 aromatic rings. The highest BCUT2D eigenvalue weighted by atomic mass is 16.5. The van der Waals surface area contributed by atoms with Gasteiger partial charge < -0.3 is 24.7 Å². The third-order valence-electron chi connectivity index (χ3n) is 5.28. The summed E-state index contributed by atoms with van der Waals surface area (Å²) in [5.74, 6) is 3.45. The Labute approximate surface area is 179 Å². The van der Waals surface area contributed by atoms with Gasteiger partial charge in [0, 0.05) is 37.7 Å². The average Bonchev–Trinajstić information content (AvgIpc) is 3.44. The monoisotopic (exact) mass is 414 g/mol. The first kappa shape index (κ1) is 21.9. The van der Waals surface area contributed by atoms with Crippen molar-refractivity contribution >= 4 is 5.96 Å². The van der Waals surface area contributed by atoms with Gasteiger partial charge in [-0.25, -0.2) is 4.99 Å². The maximum Gasteiger partial charge on any atom is 0.191 e. The fourth-order valence-corrected chi connectivity index (χ4v) is 3.63. The number of benzene rings is 1. The highest BCUT2D eigenvalue weighted by Gasteiger charge is 2.18. The van der Waals surface area contributed by atoms with E-state index in [1.165, 1.54) is 12.8 Å². The van der Waals surface area contributed by atoms with Gasteiger partial charge in [-0.05, 0) is 44.7 Å². The predicted molar refractivity (Wildman–Crippen MR) is 118 cm³/mol. The van der Waals surface area contributed by atoms with Crippen LogP contribution in [0.3, 0.4) is 0 Å². The lowest BCUT2D eigenvalue weighted by molar-refractivity contribution is 0.207. The fraction of sp³-hybridized carbons (Fsp3) is 0.591. The van der Waals surface area contributed by atoms with E-state index >= 15 is 0 Å². The van der Waals surface area contributed by atoms with Crippen LogP contribution in [0.15, 0.2) is 29.5 Å². The third-order valence-corrected chi connectivity index (χ3v) is 5.28. The third kappa shape index (κ3) is 6.11. The van der Waals surface area contributed by atoms with Crippen molar-refractivity contribution in [2.45, 2.75) is 65.1 Å². The van der Waals surface area contributed by atoms with E-state index in [0.717, 1.165) is 67.7 Å². The van der Waals surface area contributed by atoms with Gasteiger partial charge in [-0.2, -0.15) is 0 Å². The SMILES string of the molecule is CCNC(=NCc1ccc(OC)cc1OC1CCCC1)NCCn1cnnc1CC. The van der Waals surface area contributed by atoms with Crippen molar-refractivity contribution < 1.29 is 9.47 Å². The van der Waals surface area contributed by atoms with Crippen molar-refractivity contribution in [1.29, 1.82) is 0 Å². The van der Waals surface area contributed by atoms with Gasteiger partial charge in [-0.3, -0.25) is 0 Å². The molecule has 0 saturated heterocycles. The van der Waals surface area contributed by atoms with E-state index in [4.69, 9.17) is 14.5 Å². The minimum atomic E-state index is 0.294. The maximum atomic E-state index is 6.29. The quantitative estimate of drug-likeness (QED) is 0.459. The van der Waals surface area contributed by atoms with E-state index < -0.39 is 0 Å². The first-order chi connectivity index (χ1) is 14.7. The zero-order valence-electron chi connectivity index (χ0n) is 18.4. The van der Waals surface area contributed by atoms with Crippen LogP contribution in [-0.2, 0) is 19.5 Å². The molecule has 0 unspecified atom stereocenters. The van der Waals surface area contributed by atoms with E-state index in [1.54, 1.807) is 13.4 Å². The molecule has 0 bridgehead atoms. The Balaban J connectivity index is 1.64. The van der Waals surface area contributed by atoms with Crippen molar-refractivity contribution in [1.82, 2.24) is 25.4 Å². The second kappa shape index (κ2) is 11.4. The standard InChI is InChI=1S/C22H34N6O2/c1-4-21-27-26-16-28(21)13-12-24-22(23-5-2)25-15-17-10-11-19(29-3)14-20(17)30-18-8-6-7-9-18/h10-11,14,16,18H,4-9,12-13,15H2,1-3H3,(H2,23,24,25). The van der Waals surface area contributed by atoms with Crippen LogP contribution in [0.4, 0.5) is 0 Å². The van der Waals surface area contributed by atoms with Crippen LogP contribution in [0.5, 0.6) is 11.5 Å². The minimum Gasteiger partial charge on any atom is -0.497 e. The minimum absolute atomic E-state index is 0.294. The summed E-state index contributed by atoms with van der Waals surface area (Å²) < 4.78 is 13.7. The largest absolute Gasteiger partial charge is 0.497 e. The first-order valence-electron chi connectivity index (χ1n) is 11.0. The van der Waals surface area contributed by atoms with Gasteiger partial charge in [0.05, 0.1) is 19.8 Å². The number of aryl methyl sites for hydroxylation is 1. The lowest BCUT2D eigenvalue weighted by atomic mass is 10.2. The van der Waals surface area contributed by atoms with Gasteiger partial charge in [0.25, 0.3) is 0 Å². The van der Waals surface area contributed by atoms with Crippen molar-refractivity contribution in [2.24, 2.45) is 4.99 Å². The normalized spacial score (nSPS) is 14.7. The molecule has 30 heavy (non-hydrogen) atoms. The molecule has 1 saturated carbocycles. The summed E-state index contributed by atoms with van der Waals surface area (Å²) in [5.41, 5.74) is 1.06. The van der Waals surface area contributed by atoms with Crippen LogP contribution in [-0.4, -0.2) is 47.0 Å². The molecule has 3 rings (SSSR count). The Hall–Kier alpha value is -2.77. The number of aliphatic imine (C=N–C) groups is 1. The number of guanidine groups is 1. The lowest BCUT2D eigenvalue weighted by Crippen LogP contribution is -2.39. The van der Waals surface area contributed by atoms with E-state index in [1.807, 2.05) is 18.2 Å². The molecule has 1 aromatic heterocycles. The molecule has 1 aromatic carbocycles. The van der Waals surface area contributed by atoms with Crippen molar-refractivity contribution in [3.8, 4) is 11.5 Å². The van der Waals surface area contributed by atoms with E-state index in [-0.39, 0.29) is 0 Å². The van der Waals surface area contributed by atoms with Crippen LogP contribution in [0.1, 0.15) is 50.9 Å². The van der Waals surface area contributed by atoms with Crippen molar-refractivity contribution in [2.75, 3.05) is 20.2 Å². The second-order valence-corrected chi connectivity index (χ2v) is 7.41. The molecule has 0 amide bonds. The highest BCUT2D eigenvalue weighted by molar-refractivity contribution is 5.79. The number of hydrogen-bond acceptors (Lipinski definition) is 5. The van der Waals surface area contributed by atoms with Gasteiger partial charge in [-0.15, -0.1) is 10.2 Å². The number of aromatic nitrogens is 3. The summed E-state index contributed by atoms with van der Waals surface area (Å²) in [6, 6.07) is 5.98. The van der Waals surface area contributed by atoms with Crippen LogP contribution in [0, 0.1) is 0 Å². The Morgan fingerprint density at radius 1 is 1.23 bits per heavy atom. The van der Waals surface area contributed by atoms with Crippen LogP contribution in [0.2, 0.25) is 0 Å². The van der Waals surface area contributed by atoms with Gasteiger partial charge >= 0.3 is 0 Å². The van der Waals surface area contributed by atoms with Crippen molar-refractivity contribution in [3.05, 3.63) is 35.9 Å². The molecule has 2 N–H and O–H groups in total. The van der Waals surface area contributed by atoms with Gasteiger partial charge in [0.1, 0.15) is 23.7 Å². The maximum absolute atomic E-state index is 6.29. The van der Waals surface area contributed by atoms with E-state index in [0.29, 0.717) is 12.6 Å². The zero-order valence-corrected chi connectivity index (χ0v) is 18.4. The van der Waals surface area contributed by atoms with Crippen LogP contribution >= 0.6 is 0 Å². The molecule has 164 valence electrons. The number of rotatable bonds is 10. The Morgan fingerprint density at radius 2 is 2.07 bits per heavy atom. The lowest BCUT2D eigenvalue weighted by Gasteiger charge is -2.17. The van der Waals surface area contributed by atoms with Crippen LogP contribution in [0.25, 0.3) is 0 Å². The summed E-state index contributed by atoms with van der Waals surface area (Å²) in [4.78, 5) is 4.77. The summed E-state index contributed by atoms with van der Waals surface area (Å²) in [5, 5.41) is 14.8. The molecule has 1 aliphatic rings. The Bertz CT molecular complexity index is 814. The van der Waals surface area contributed by atoms with Gasteiger partial charge in [-0.1, -0.05) is 6.92 Å². The molecule has 0 atom stereocenters. The predicted octanol–water partition coefficient (Wildman–Crippen LogP) is 2.93. The first-order valence-corrected chi connectivity index (χ1v) is 11.0. The molecule has 0 spiro atoms. The number of ether oxygens (including phenoxy) is 2. The summed E-state index contributed by atoms with van der Waals surface area (Å²) in [6.07, 6.45) is 7.65.